The van der Waals surface area contributed by atoms with Gasteiger partial charge in [0.1, 0.15) is 11.5 Å². The highest BCUT2D eigenvalue weighted by Crippen LogP contribution is 2.75. The van der Waals surface area contributed by atoms with Crippen LogP contribution < -0.4 is 9.47 Å². The van der Waals surface area contributed by atoms with Crippen molar-refractivity contribution in [1.29, 1.82) is 0 Å². The van der Waals surface area contributed by atoms with Crippen molar-refractivity contribution in [3.63, 3.8) is 0 Å². The smallest absolute Gasteiger partial charge is 0.353 e. The molecule has 3 aromatic carbocycles. The second-order valence-corrected chi connectivity index (χ2v) is 15.2. The number of thioether (sulfide) groups is 1. The Hall–Kier alpha value is -2.55. The quantitative estimate of drug-likeness (QED) is 0.147. The summed E-state index contributed by atoms with van der Waals surface area (Å²) in [5.74, 6) is 1.33. The van der Waals surface area contributed by atoms with Crippen LogP contribution in [-0.2, 0) is 22.6 Å². The SMILES string of the molecule is COc1ccc(-c2c(-c3ccccc3)c3cc(CCCC(SC)(P(=O)(O)O)P(=O)(O)O)c(OC)cc3n2C)cc1. The van der Waals surface area contributed by atoms with Crippen LogP contribution in [0.3, 0.4) is 0 Å². The van der Waals surface area contributed by atoms with Crippen molar-refractivity contribution in [3.05, 3.63) is 72.3 Å². The molecule has 0 bridgehead atoms. The van der Waals surface area contributed by atoms with Gasteiger partial charge in [-0.25, -0.2) is 0 Å². The highest BCUT2D eigenvalue weighted by Gasteiger charge is 2.59. The van der Waals surface area contributed by atoms with Crippen molar-refractivity contribution in [2.45, 2.75) is 23.5 Å². The van der Waals surface area contributed by atoms with E-state index in [0.717, 1.165) is 44.6 Å². The number of hydrogen-bond acceptors (Lipinski definition) is 5. The van der Waals surface area contributed by atoms with Crippen LogP contribution in [0, 0.1) is 0 Å². The molecule has 40 heavy (non-hydrogen) atoms. The van der Waals surface area contributed by atoms with Crippen molar-refractivity contribution in [3.8, 4) is 33.9 Å². The van der Waals surface area contributed by atoms with Crippen molar-refractivity contribution < 1.29 is 38.2 Å². The highest BCUT2D eigenvalue weighted by atomic mass is 32.2. The maximum absolute atomic E-state index is 12.2. The summed E-state index contributed by atoms with van der Waals surface area (Å²) in [6.07, 6.45) is 1.35. The van der Waals surface area contributed by atoms with Gasteiger partial charge in [0, 0.05) is 24.1 Å². The van der Waals surface area contributed by atoms with Crippen molar-refractivity contribution in [2.24, 2.45) is 7.05 Å². The Labute approximate surface area is 237 Å². The van der Waals surface area contributed by atoms with Gasteiger partial charge in [-0.05, 0) is 72.5 Å². The lowest BCUT2D eigenvalue weighted by Crippen LogP contribution is -2.25. The molecule has 0 unspecified atom stereocenters. The van der Waals surface area contributed by atoms with E-state index in [-0.39, 0.29) is 12.8 Å². The lowest BCUT2D eigenvalue weighted by Gasteiger charge is -2.32. The Morgan fingerprint density at radius 1 is 0.875 bits per heavy atom. The minimum absolute atomic E-state index is 0.123. The first-order valence-electron chi connectivity index (χ1n) is 12.4. The molecule has 1 heterocycles. The number of hydrogen-bond donors (Lipinski definition) is 4. The first kappa shape index (κ1) is 30.4. The Balaban J connectivity index is 1.85. The maximum atomic E-state index is 12.2. The summed E-state index contributed by atoms with van der Waals surface area (Å²) in [5.41, 5.74) is 5.70. The van der Waals surface area contributed by atoms with Crippen LogP contribution in [0.1, 0.15) is 18.4 Å². The Kier molecular flexibility index (Phi) is 8.93. The molecule has 12 heteroatoms. The molecule has 4 N–H and O–H groups in total. The number of fused-ring (bicyclic) bond motifs is 1. The van der Waals surface area contributed by atoms with E-state index < -0.39 is 19.4 Å². The summed E-state index contributed by atoms with van der Waals surface area (Å²) in [6, 6.07) is 21.7. The van der Waals surface area contributed by atoms with E-state index in [0.29, 0.717) is 23.9 Å². The number of aromatic nitrogens is 1. The fourth-order valence-electron chi connectivity index (χ4n) is 5.19. The van der Waals surface area contributed by atoms with Crippen molar-refractivity contribution in [1.82, 2.24) is 4.57 Å². The second-order valence-electron chi connectivity index (χ2n) is 9.45. The van der Waals surface area contributed by atoms with Gasteiger partial charge < -0.3 is 33.6 Å². The highest BCUT2D eigenvalue weighted by molar-refractivity contribution is 8.13. The minimum Gasteiger partial charge on any atom is -0.497 e. The number of methoxy groups -OCH3 is 2. The van der Waals surface area contributed by atoms with E-state index in [1.807, 2.05) is 73.8 Å². The normalized spacial score (nSPS) is 12.6. The van der Waals surface area contributed by atoms with Gasteiger partial charge in [0.25, 0.3) is 0 Å². The fraction of sp³-hybridized carbons (Fsp3) is 0.286. The zero-order valence-corrected chi connectivity index (χ0v) is 25.2. The molecule has 0 spiro atoms. The number of rotatable bonds is 11. The Morgan fingerprint density at radius 2 is 1.50 bits per heavy atom. The maximum Gasteiger partial charge on any atom is 0.353 e. The van der Waals surface area contributed by atoms with E-state index >= 15 is 0 Å². The molecule has 214 valence electrons. The first-order valence-corrected chi connectivity index (χ1v) is 16.9. The van der Waals surface area contributed by atoms with Gasteiger partial charge >= 0.3 is 15.2 Å². The molecule has 0 saturated heterocycles. The summed E-state index contributed by atoms with van der Waals surface area (Å²) >= 11 is 0.514. The van der Waals surface area contributed by atoms with Crippen molar-refractivity contribution >= 4 is 37.9 Å². The predicted octanol–water partition coefficient (Wildman–Crippen LogP) is 6.22. The average Bonchev–Trinajstić information content (AvgIpc) is 3.20. The summed E-state index contributed by atoms with van der Waals surface area (Å²) < 4.78 is 35.1. The van der Waals surface area contributed by atoms with Crippen molar-refractivity contribution in [2.75, 3.05) is 20.5 Å². The number of ether oxygens (including phenoxy) is 2. The molecule has 0 amide bonds. The number of nitrogens with zero attached hydrogens (tertiary/aromatic N) is 1. The van der Waals surface area contributed by atoms with E-state index in [9.17, 15) is 28.7 Å². The van der Waals surface area contributed by atoms with Gasteiger partial charge in [-0.3, -0.25) is 9.13 Å². The monoisotopic (exact) mass is 605 g/mol. The molecule has 1 aromatic heterocycles. The first-order chi connectivity index (χ1) is 18.9. The van der Waals surface area contributed by atoms with Gasteiger partial charge in [-0.2, -0.15) is 0 Å². The van der Waals surface area contributed by atoms with Crippen LogP contribution in [0.15, 0.2) is 66.7 Å². The molecule has 4 rings (SSSR count). The lowest BCUT2D eigenvalue weighted by atomic mass is 9.96. The van der Waals surface area contributed by atoms with E-state index in [4.69, 9.17) is 9.47 Å². The third-order valence-corrected chi connectivity index (χ3v) is 14.4. The summed E-state index contributed by atoms with van der Waals surface area (Å²) in [6.45, 7) is 0. The summed E-state index contributed by atoms with van der Waals surface area (Å²) in [7, 11) is -5.13. The fourth-order valence-corrected chi connectivity index (χ4v) is 9.69. The third-order valence-electron chi connectivity index (χ3n) is 7.21. The van der Waals surface area contributed by atoms with Gasteiger partial charge in [0.05, 0.1) is 25.4 Å². The van der Waals surface area contributed by atoms with E-state index in [1.54, 1.807) is 14.2 Å². The van der Waals surface area contributed by atoms with Crippen LogP contribution in [0.5, 0.6) is 11.5 Å². The molecule has 0 aliphatic rings. The molecule has 0 atom stereocenters. The number of benzene rings is 3. The molecule has 4 aromatic rings. The summed E-state index contributed by atoms with van der Waals surface area (Å²) in [5, 5.41) is 0.955. The van der Waals surface area contributed by atoms with Gasteiger partial charge in [0.2, 0.25) is 4.23 Å². The molecule has 0 fully saturated rings. The number of aryl methyl sites for hydroxylation is 2. The largest absolute Gasteiger partial charge is 0.497 e. The van der Waals surface area contributed by atoms with E-state index in [2.05, 4.69) is 4.57 Å². The second kappa shape index (κ2) is 11.7. The standard InChI is InChI=1S/C28H33NO8P2S/c1-29-24-18-25(37-3)21(11-8-16-28(40-4,38(30,31)32)39(33,34)35)17-23(24)26(19-9-6-5-7-10-19)27(29)20-12-14-22(36-2)15-13-20/h5-7,9-10,12-15,17-18H,8,11,16H2,1-4H3,(H2,30,31,32)(H2,33,34,35). The molecule has 0 aliphatic carbocycles. The van der Waals surface area contributed by atoms with Gasteiger partial charge in [-0.1, -0.05) is 30.3 Å². The third kappa shape index (κ3) is 5.50. The van der Waals surface area contributed by atoms with Crippen LogP contribution in [0.25, 0.3) is 33.3 Å². The average molecular weight is 606 g/mol. The van der Waals surface area contributed by atoms with E-state index in [1.165, 1.54) is 6.26 Å². The Bertz CT molecular complexity index is 1570. The molecule has 0 saturated carbocycles. The minimum atomic E-state index is -5.14. The van der Waals surface area contributed by atoms with Gasteiger partial charge in [-0.15, -0.1) is 11.8 Å². The molecular formula is C28H33NO8P2S. The summed E-state index contributed by atoms with van der Waals surface area (Å²) in [4.78, 5) is 39.6. The lowest BCUT2D eigenvalue weighted by molar-refractivity contribution is 0.327. The predicted molar refractivity (Wildman–Crippen MR) is 160 cm³/mol. The molecule has 0 aliphatic heterocycles. The zero-order valence-electron chi connectivity index (χ0n) is 22.6. The van der Waals surface area contributed by atoms with Crippen LogP contribution in [0.2, 0.25) is 0 Å². The van der Waals surface area contributed by atoms with Crippen LogP contribution in [0.4, 0.5) is 0 Å². The molecular weight excluding hydrogens is 572 g/mol. The van der Waals surface area contributed by atoms with Crippen LogP contribution >= 0.6 is 27.0 Å². The zero-order chi connectivity index (χ0) is 29.3. The van der Waals surface area contributed by atoms with Crippen LogP contribution in [-0.4, -0.2) is 48.8 Å². The topological polar surface area (TPSA) is 138 Å². The Morgan fingerprint density at radius 3 is 2.02 bits per heavy atom. The molecule has 9 nitrogen and oxygen atoms in total. The van der Waals surface area contributed by atoms with Gasteiger partial charge in [0.15, 0.2) is 0 Å². The molecule has 0 radical (unpaired) electrons.